The first kappa shape index (κ1) is 12.5. The predicted molar refractivity (Wildman–Crippen MR) is 60.4 cm³/mol. The van der Waals surface area contributed by atoms with Gasteiger partial charge in [0.2, 0.25) is 0 Å². The molecule has 0 aliphatic carbocycles. The Kier molecular flexibility index (Phi) is 5.05. The van der Waals surface area contributed by atoms with Crippen LogP contribution in [0, 0.1) is 5.82 Å². The van der Waals surface area contributed by atoms with E-state index in [4.69, 9.17) is 9.84 Å². The number of aliphatic hydroxyl groups is 1. The molecular formula is C11H14BrFO2. The molecule has 0 aromatic heterocycles. The number of benzene rings is 1. The van der Waals surface area contributed by atoms with Crippen LogP contribution in [-0.2, 0) is 6.61 Å². The second-order valence-corrected chi connectivity index (χ2v) is 4.05. The molecule has 0 unspecified atom stereocenters. The fourth-order valence-electron chi connectivity index (χ4n) is 1.16. The largest absolute Gasteiger partial charge is 0.491 e. The lowest BCUT2D eigenvalue weighted by molar-refractivity contribution is 0.264. The van der Waals surface area contributed by atoms with Crippen molar-refractivity contribution in [1.82, 2.24) is 0 Å². The molecule has 0 radical (unpaired) electrons. The fraction of sp³-hybridized carbons (Fsp3) is 0.455. The Bertz CT molecular complexity index is 329. The van der Waals surface area contributed by atoms with E-state index in [1.165, 1.54) is 0 Å². The summed E-state index contributed by atoms with van der Waals surface area (Å²) < 4.78 is 19.5. The molecule has 1 rings (SSSR count). The van der Waals surface area contributed by atoms with Crippen LogP contribution in [0.2, 0.25) is 0 Å². The fourth-order valence-corrected chi connectivity index (χ4v) is 1.59. The Morgan fingerprint density at radius 1 is 1.47 bits per heavy atom. The van der Waals surface area contributed by atoms with Gasteiger partial charge in [-0.25, -0.2) is 4.39 Å². The third-order valence-electron chi connectivity index (χ3n) is 2.06. The Hall–Kier alpha value is -0.610. The molecule has 0 amide bonds. The summed E-state index contributed by atoms with van der Waals surface area (Å²) in [5, 5.41) is 8.97. The standard InChI is InChI=1S/C11H14BrFO2/c1-2-3-6-15-10-5-4-9(12)8(7-14)11(10)13/h4-5,14H,2-3,6-7H2,1H3. The van der Waals surface area contributed by atoms with Crippen molar-refractivity contribution in [1.29, 1.82) is 0 Å². The summed E-state index contributed by atoms with van der Waals surface area (Å²) in [7, 11) is 0. The zero-order valence-electron chi connectivity index (χ0n) is 8.59. The van der Waals surface area contributed by atoms with Crippen LogP contribution in [-0.4, -0.2) is 11.7 Å². The Morgan fingerprint density at radius 3 is 2.80 bits per heavy atom. The molecular weight excluding hydrogens is 263 g/mol. The molecule has 0 fully saturated rings. The minimum Gasteiger partial charge on any atom is -0.491 e. The summed E-state index contributed by atoms with van der Waals surface area (Å²) in [6.45, 7) is 2.21. The summed E-state index contributed by atoms with van der Waals surface area (Å²) in [6, 6.07) is 3.24. The highest BCUT2D eigenvalue weighted by Gasteiger charge is 2.11. The third kappa shape index (κ3) is 3.18. The lowest BCUT2D eigenvalue weighted by atomic mass is 10.2. The number of hydrogen-bond acceptors (Lipinski definition) is 2. The van der Waals surface area contributed by atoms with E-state index in [0.717, 1.165) is 12.8 Å². The predicted octanol–water partition coefficient (Wildman–Crippen LogP) is 3.26. The average Bonchev–Trinajstić information content (AvgIpc) is 2.22. The van der Waals surface area contributed by atoms with E-state index in [1.807, 2.05) is 6.92 Å². The van der Waals surface area contributed by atoms with Gasteiger partial charge < -0.3 is 9.84 Å². The van der Waals surface area contributed by atoms with Gasteiger partial charge >= 0.3 is 0 Å². The highest BCUT2D eigenvalue weighted by molar-refractivity contribution is 9.10. The van der Waals surface area contributed by atoms with Gasteiger partial charge in [-0.1, -0.05) is 29.3 Å². The number of halogens is 2. The van der Waals surface area contributed by atoms with Crippen molar-refractivity contribution in [2.75, 3.05) is 6.61 Å². The van der Waals surface area contributed by atoms with Crippen molar-refractivity contribution in [3.8, 4) is 5.75 Å². The van der Waals surface area contributed by atoms with Crippen molar-refractivity contribution in [2.45, 2.75) is 26.4 Å². The van der Waals surface area contributed by atoms with Gasteiger partial charge in [0, 0.05) is 10.0 Å². The highest BCUT2D eigenvalue weighted by Crippen LogP contribution is 2.27. The summed E-state index contributed by atoms with van der Waals surface area (Å²) in [6.07, 6.45) is 1.90. The molecule has 84 valence electrons. The van der Waals surface area contributed by atoms with Gasteiger partial charge in [-0.3, -0.25) is 0 Å². The van der Waals surface area contributed by atoms with Crippen molar-refractivity contribution in [3.63, 3.8) is 0 Å². The Morgan fingerprint density at radius 2 is 2.20 bits per heavy atom. The molecule has 15 heavy (non-hydrogen) atoms. The summed E-state index contributed by atoms with van der Waals surface area (Å²) in [5.74, 6) is -0.279. The molecule has 0 aliphatic heterocycles. The van der Waals surface area contributed by atoms with Gasteiger partial charge in [-0.2, -0.15) is 0 Å². The van der Waals surface area contributed by atoms with Crippen LogP contribution in [0.25, 0.3) is 0 Å². The number of unbranched alkanes of at least 4 members (excludes halogenated alkanes) is 1. The molecule has 0 saturated heterocycles. The number of rotatable bonds is 5. The van der Waals surface area contributed by atoms with E-state index in [0.29, 0.717) is 11.1 Å². The van der Waals surface area contributed by atoms with E-state index in [2.05, 4.69) is 15.9 Å². The van der Waals surface area contributed by atoms with Crippen LogP contribution in [0.3, 0.4) is 0 Å². The molecule has 1 N–H and O–H groups in total. The second kappa shape index (κ2) is 6.08. The van der Waals surface area contributed by atoms with E-state index in [9.17, 15) is 4.39 Å². The summed E-state index contributed by atoms with van der Waals surface area (Å²) >= 11 is 3.17. The highest BCUT2D eigenvalue weighted by atomic mass is 79.9. The smallest absolute Gasteiger partial charge is 0.171 e. The number of hydrogen-bond donors (Lipinski definition) is 1. The first-order valence-corrected chi connectivity index (χ1v) is 5.70. The minimum atomic E-state index is -0.483. The maximum atomic E-state index is 13.6. The van der Waals surface area contributed by atoms with Gasteiger partial charge in [0.25, 0.3) is 0 Å². The lowest BCUT2D eigenvalue weighted by Gasteiger charge is -2.10. The van der Waals surface area contributed by atoms with Gasteiger partial charge in [-0.05, 0) is 18.6 Å². The molecule has 2 nitrogen and oxygen atoms in total. The summed E-state index contributed by atoms with van der Waals surface area (Å²) in [4.78, 5) is 0. The topological polar surface area (TPSA) is 29.5 Å². The van der Waals surface area contributed by atoms with E-state index >= 15 is 0 Å². The van der Waals surface area contributed by atoms with Gasteiger partial charge in [-0.15, -0.1) is 0 Å². The first-order chi connectivity index (χ1) is 7.20. The van der Waals surface area contributed by atoms with E-state index in [1.54, 1.807) is 12.1 Å². The maximum absolute atomic E-state index is 13.6. The molecule has 4 heteroatoms. The van der Waals surface area contributed by atoms with Crippen molar-refractivity contribution < 1.29 is 14.2 Å². The number of ether oxygens (including phenoxy) is 1. The molecule has 0 aliphatic rings. The SMILES string of the molecule is CCCCOc1ccc(Br)c(CO)c1F. The van der Waals surface area contributed by atoms with Crippen LogP contribution in [0.15, 0.2) is 16.6 Å². The van der Waals surface area contributed by atoms with Crippen LogP contribution in [0.1, 0.15) is 25.3 Å². The molecule has 0 bridgehead atoms. The molecule has 0 atom stereocenters. The molecule has 0 saturated carbocycles. The zero-order chi connectivity index (χ0) is 11.3. The van der Waals surface area contributed by atoms with Crippen LogP contribution < -0.4 is 4.74 Å². The Labute approximate surface area is 97.2 Å². The first-order valence-electron chi connectivity index (χ1n) is 4.91. The van der Waals surface area contributed by atoms with Crippen molar-refractivity contribution in [2.24, 2.45) is 0 Å². The van der Waals surface area contributed by atoms with Crippen LogP contribution >= 0.6 is 15.9 Å². The van der Waals surface area contributed by atoms with Crippen LogP contribution in [0.4, 0.5) is 4.39 Å². The number of aliphatic hydroxyl groups excluding tert-OH is 1. The van der Waals surface area contributed by atoms with Gasteiger partial charge in [0.05, 0.1) is 13.2 Å². The van der Waals surface area contributed by atoms with Gasteiger partial charge in [0.1, 0.15) is 0 Å². The molecule has 0 spiro atoms. The second-order valence-electron chi connectivity index (χ2n) is 3.20. The van der Waals surface area contributed by atoms with Crippen LogP contribution in [0.5, 0.6) is 5.75 Å². The molecule has 1 aromatic carbocycles. The van der Waals surface area contributed by atoms with Gasteiger partial charge in [0.15, 0.2) is 11.6 Å². The summed E-state index contributed by atoms with van der Waals surface area (Å²) in [5.41, 5.74) is 0.240. The minimum absolute atomic E-state index is 0.204. The zero-order valence-corrected chi connectivity index (χ0v) is 10.2. The van der Waals surface area contributed by atoms with E-state index < -0.39 is 5.82 Å². The third-order valence-corrected chi connectivity index (χ3v) is 2.81. The normalized spacial score (nSPS) is 10.4. The molecule has 0 heterocycles. The lowest BCUT2D eigenvalue weighted by Crippen LogP contribution is -2.01. The average molecular weight is 277 g/mol. The Balaban J connectivity index is 2.80. The molecule has 1 aromatic rings. The van der Waals surface area contributed by atoms with Crippen molar-refractivity contribution in [3.05, 3.63) is 28.0 Å². The quantitative estimate of drug-likeness (QED) is 0.837. The maximum Gasteiger partial charge on any atom is 0.171 e. The van der Waals surface area contributed by atoms with Crippen molar-refractivity contribution >= 4 is 15.9 Å². The monoisotopic (exact) mass is 276 g/mol. The van der Waals surface area contributed by atoms with E-state index in [-0.39, 0.29) is 17.9 Å².